The van der Waals surface area contributed by atoms with Crippen molar-refractivity contribution in [2.24, 2.45) is 7.05 Å². The van der Waals surface area contributed by atoms with Gasteiger partial charge in [0.25, 0.3) is 0 Å². The highest BCUT2D eigenvalue weighted by Crippen LogP contribution is 2.44. The topological polar surface area (TPSA) is 4.93 Å². The second-order valence-corrected chi connectivity index (χ2v) is 13.5. The molecule has 0 bridgehead atoms. The first kappa shape index (κ1) is 15.0. The molecule has 4 aromatic rings. The first-order valence-corrected chi connectivity index (χ1v) is 12.6. The molecule has 0 saturated carbocycles. The maximum Gasteiger partial charge on any atom is 0.0729 e. The van der Waals surface area contributed by atoms with E-state index in [1.54, 1.807) is 10.8 Å². The number of hydrogen-bond donors (Lipinski definition) is 0. The first-order valence-electron chi connectivity index (χ1n) is 9.08. The predicted molar refractivity (Wildman–Crippen MR) is 113 cm³/mol. The minimum absolute atomic E-state index is 1.13. The van der Waals surface area contributed by atoms with Crippen LogP contribution >= 0.6 is 0 Å². The number of benzene rings is 3. The minimum Gasteiger partial charge on any atom is -0.343 e. The lowest BCUT2D eigenvalue weighted by molar-refractivity contribution is 1.02. The summed E-state index contributed by atoms with van der Waals surface area (Å²) in [7, 11) is 0.911. The van der Waals surface area contributed by atoms with Gasteiger partial charge in [-0.15, -0.1) is 0 Å². The van der Waals surface area contributed by atoms with Crippen LogP contribution in [0.25, 0.3) is 38.7 Å². The zero-order chi connectivity index (χ0) is 17.3. The molecule has 0 spiro atoms. The molecule has 3 aromatic carbocycles. The highest BCUT2D eigenvalue weighted by Gasteiger charge is 2.29. The molecule has 25 heavy (non-hydrogen) atoms. The summed E-state index contributed by atoms with van der Waals surface area (Å²) >= 11 is 0. The second-order valence-electron chi connectivity index (χ2n) is 8.33. The molecule has 124 valence electrons. The van der Waals surface area contributed by atoms with Gasteiger partial charge in [0.05, 0.1) is 13.6 Å². The molecular weight excluding hydrogens is 318 g/mol. The van der Waals surface area contributed by atoms with E-state index in [-0.39, 0.29) is 0 Å². The summed E-state index contributed by atoms with van der Waals surface area (Å²) in [5, 5.41) is 7.32. The standard InChI is InChI=1S/C23H23NSi/c1-24-21-12-8-7-11-18(21)22-20-14-15(25(2,3)4)13-19(20)16-9-5-6-10-17(16)23(22)24/h5-13H,14H2,1-4H3. The van der Waals surface area contributed by atoms with Crippen LogP contribution in [-0.2, 0) is 13.5 Å². The van der Waals surface area contributed by atoms with Gasteiger partial charge < -0.3 is 4.57 Å². The van der Waals surface area contributed by atoms with E-state index in [0.29, 0.717) is 0 Å². The lowest BCUT2D eigenvalue weighted by Gasteiger charge is -2.17. The van der Waals surface area contributed by atoms with Gasteiger partial charge >= 0.3 is 0 Å². The fourth-order valence-corrected chi connectivity index (χ4v) is 5.77. The van der Waals surface area contributed by atoms with Crippen LogP contribution in [0.4, 0.5) is 0 Å². The van der Waals surface area contributed by atoms with Gasteiger partial charge in [0, 0.05) is 28.7 Å². The number of aromatic nitrogens is 1. The molecule has 0 saturated heterocycles. The van der Waals surface area contributed by atoms with E-state index in [1.807, 2.05) is 0 Å². The summed E-state index contributed by atoms with van der Waals surface area (Å²) in [4.78, 5) is 0. The van der Waals surface area contributed by atoms with E-state index in [1.165, 1.54) is 38.1 Å². The van der Waals surface area contributed by atoms with E-state index in [2.05, 4.69) is 85.9 Å². The van der Waals surface area contributed by atoms with Crippen molar-refractivity contribution in [2.75, 3.05) is 0 Å². The molecule has 1 aliphatic rings. The van der Waals surface area contributed by atoms with Gasteiger partial charge in [0.2, 0.25) is 0 Å². The summed E-state index contributed by atoms with van der Waals surface area (Å²) in [6.07, 6.45) is 3.64. The van der Waals surface area contributed by atoms with Crippen molar-refractivity contribution in [3.8, 4) is 0 Å². The van der Waals surface area contributed by atoms with Crippen LogP contribution in [0.15, 0.2) is 53.7 Å². The minimum atomic E-state index is -1.30. The zero-order valence-electron chi connectivity index (χ0n) is 15.4. The van der Waals surface area contributed by atoms with Crippen LogP contribution < -0.4 is 0 Å². The molecule has 0 N–H and O–H groups in total. The van der Waals surface area contributed by atoms with E-state index in [0.717, 1.165) is 6.42 Å². The van der Waals surface area contributed by atoms with Gasteiger partial charge in [0.15, 0.2) is 0 Å². The van der Waals surface area contributed by atoms with E-state index in [9.17, 15) is 0 Å². The maximum atomic E-state index is 2.52. The van der Waals surface area contributed by atoms with Crippen molar-refractivity contribution in [2.45, 2.75) is 26.1 Å². The summed E-state index contributed by atoms with van der Waals surface area (Å²) in [5.41, 5.74) is 5.73. The fraction of sp³-hybridized carbons (Fsp3) is 0.217. The molecule has 1 nitrogen and oxygen atoms in total. The van der Waals surface area contributed by atoms with Gasteiger partial charge in [-0.3, -0.25) is 0 Å². The lowest BCUT2D eigenvalue weighted by atomic mass is 9.95. The predicted octanol–water partition coefficient (Wildman–Crippen LogP) is 6.30. The van der Waals surface area contributed by atoms with Crippen molar-refractivity contribution in [3.63, 3.8) is 0 Å². The normalized spacial score (nSPS) is 14.5. The fourth-order valence-electron chi connectivity index (χ4n) is 4.48. The summed E-state index contributed by atoms with van der Waals surface area (Å²) in [5.74, 6) is 0. The molecule has 0 radical (unpaired) electrons. The Morgan fingerprint density at radius 3 is 2.20 bits per heavy atom. The van der Waals surface area contributed by atoms with Gasteiger partial charge in [-0.05, 0) is 29.0 Å². The van der Waals surface area contributed by atoms with Crippen molar-refractivity contribution in [1.82, 2.24) is 4.57 Å². The number of allylic oxidation sites excluding steroid dienone is 1. The molecule has 1 heterocycles. The SMILES string of the molecule is Cn1c2ccccc2c2c3c(c4ccccc4c21)C=C([Si](C)(C)C)C3. The Hall–Kier alpha value is -2.32. The van der Waals surface area contributed by atoms with Crippen molar-refractivity contribution < 1.29 is 0 Å². The Morgan fingerprint density at radius 1 is 0.840 bits per heavy atom. The third-order valence-electron chi connectivity index (χ3n) is 5.86. The Balaban J connectivity index is 2.03. The molecule has 5 rings (SSSR count). The molecule has 0 fully saturated rings. The lowest BCUT2D eigenvalue weighted by Crippen LogP contribution is -2.23. The molecule has 1 aliphatic carbocycles. The molecule has 0 unspecified atom stereocenters. The van der Waals surface area contributed by atoms with Gasteiger partial charge in [-0.2, -0.15) is 0 Å². The Kier molecular flexibility index (Phi) is 2.91. The average Bonchev–Trinajstić information content (AvgIpc) is 3.16. The first-order chi connectivity index (χ1) is 12.0. The third-order valence-corrected chi connectivity index (χ3v) is 8.10. The third kappa shape index (κ3) is 1.95. The number of fused-ring (bicyclic) bond motifs is 8. The molecule has 0 aliphatic heterocycles. The second kappa shape index (κ2) is 4.86. The summed E-state index contributed by atoms with van der Waals surface area (Å²) < 4.78 is 2.39. The van der Waals surface area contributed by atoms with Crippen LogP contribution in [0.1, 0.15) is 11.1 Å². The zero-order valence-corrected chi connectivity index (χ0v) is 16.4. The number of rotatable bonds is 1. The highest BCUT2D eigenvalue weighted by atomic mass is 28.3. The van der Waals surface area contributed by atoms with Crippen molar-refractivity contribution in [1.29, 1.82) is 0 Å². The summed E-state index contributed by atoms with van der Waals surface area (Å²) in [6, 6.07) is 17.8. The smallest absolute Gasteiger partial charge is 0.0729 e. The highest BCUT2D eigenvalue weighted by molar-refractivity contribution is 6.84. The Bertz CT molecular complexity index is 1200. The number of aryl methyl sites for hydroxylation is 1. The van der Waals surface area contributed by atoms with Crippen LogP contribution in [-0.4, -0.2) is 12.6 Å². The largest absolute Gasteiger partial charge is 0.343 e. The van der Waals surface area contributed by atoms with E-state index < -0.39 is 8.07 Å². The monoisotopic (exact) mass is 341 g/mol. The Morgan fingerprint density at radius 2 is 1.48 bits per heavy atom. The maximum absolute atomic E-state index is 2.52. The number of para-hydroxylation sites is 1. The average molecular weight is 342 g/mol. The molecule has 2 heteroatoms. The van der Waals surface area contributed by atoms with Crippen LogP contribution in [0, 0.1) is 0 Å². The molecular formula is C23H23NSi. The molecule has 0 amide bonds. The van der Waals surface area contributed by atoms with Crippen LogP contribution in [0.2, 0.25) is 19.6 Å². The quantitative estimate of drug-likeness (QED) is 0.358. The van der Waals surface area contributed by atoms with Gasteiger partial charge in [0.1, 0.15) is 0 Å². The van der Waals surface area contributed by atoms with Crippen LogP contribution in [0.3, 0.4) is 0 Å². The Labute approximate surface area is 149 Å². The summed E-state index contributed by atoms with van der Waals surface area (Å²) in [6.45, 7) is 7.40. The van der Waals surface area contributed by atoms with E-state index >= 15 is 0 Å². The molecule has 1 aromatic heterocycles. The van der Waals surface area contributed by atoms with Gasteiger partial charge in [-0.25, -0.2) is 0 Å². The van der Waals surface area contributed by atoms with Gasteiger partial charge in [-0.1, -0.05) is 73.4 Å². The van der Waals surface area contributed by atoms with Crippen molar-refractivity contribution in [3.05, 3.63) is 64.9 Å². The molecule has 0 atom stereocenters. The van der Waals surface area contributed by atoms with Crippen molar-refractivity contribution >= 4 is 46.7 Å². The number of nitrogens with zero attached hydrogens (tertiary/aromatic N) is 1. The number of hydrogen-bond acceptors (Lipinski definition) is 0. The van der Waals surface area contributed by atoms with E-state index in [4.69, 9.17) is 0 Å². The van der Waals surface area contributed by atoms with Crippen LogP contribution in [0.5, 0.6) is 0 Å².